The molecule has 1 heteroatoms. The molecule has 0 aromatic heterocycles. The Bertz CT molecular complexity index is 304. The molecule has 0 aromatic rings. The Kier molecular flexibility index (Phi) is 3.52. The molecule has 0 N–H and O–H groups in total. The number of dihydropyridines is 1. The third-order valence-electron chi connectivity index (χ3n) is 2.04. The van der Waals surface area contributed by atoms with Crippen LogP contribution in [0.5, 0.6) is 0 Å². The summed E-state index contributed by atoms with van der Waals surface area (Å²) in [7, 11) is 0. The Balaban J connectivity index is 2.73. The van der Waals surface area contributed by atoms with Gasteiger partial charge in [0.15, 0.2) is 0 Å². The molecule has 1 aliphatic rings. The van der Waals surface area contributed by atoms with Gasteiger partial charge in [-0.1, -0.05) is 18.9 Å². The van der Waals surface area contributed by atoms with Crippen LogP contribution in [-0.2, 0) is 0 Å². The smallest absolute Gasteiger partial charge is 0.107 e. The number of nitrogens with zero attached hydrogens (tertiary/aromatic N) is 1. The summed E-state index contributed by atoms with van der Waals surface area (Å²) >= 11 is 0. The topological polar surface area (TPSA) is 12.4 Å². The van der Waals surface area contributed by atoms with Crippen LogP contribution in [0.25, 0.3) is 0 Å². The molecule has 0 amide bonds. The van der Waals surface area contributed by atoms with Crippen molar-refractivity contribution in [2.24, 2.45) is 10.4 Å². The van der Waals surface area contributed by atoms with Crippen molar-refractivity contribution < 1.29 is 0 Å². The molecule has 0 aliphatic carbocycles. The number of hydrogen-bond donors (Lipinski definition) is 0. The van der Waals surface area contributed by atoms with E-state index < -0.39 is 0 Å². The molecule has 76 valence electrons. The van der Waals surface area contributed by atoms with E-state index in [0.29, 0.717) is 6.04 Å². The molecule has 1 aliphatic heterocycles. The van der Waals surface area contributed by atoms with Gasteiger partial charge in [-0.3, -0.25) is 4.99 Å². The summed E-state index contributed by atoms with van der Waals surface area (Å²) in [6, 6.07) is 0.448. The van der Waals surface area contributed by atoms with Crippen LogP contribution in [0.1, 0.15) is 40.5 Å². The highest BCUT2D eigenvalue weighted by atomic mass is 14.8. The Hall–Kier alpha value is -1.03. The van der Waals surface area contributed by atoms with E-state index in [0.717, 1.165) is 18.6 Å². The van der Waals surface area contributed by atoms with Gasteiger partial charge >= 0.3 is 0 Å². The summed E-state index contributed by atoms with van der Waals surface area (Å²) in [6.07, 6.45) is 6.38. The van der Waals surface area contributed by atoms with Crippen molar-refractivity contribution in [2.75, 3.05) is 0 Å². The van der Waals surface area contributed by atoms with Crippen LogP contribution in [0.15, 0.2) is 17.1 Å². The molecule has 14 heavy (non-hydrogen) atoms. The molecule has 0 saturated carbocycles. The average molecular weight is 189 g/mol. The summed E-state index contributed by atoms with van der Waals surface area (Å²) in [6.45, 7) is 8.52. The van der Waals surface area contributed by atoms with E-state index in [4.69, 9.17) is 0 Å². The first-order chi connectivity index (χ1) is 6.51. The zero-order chi connectivity index (χ0) is 10.6. The van der Waals surface area contributed by atoms with E-state index in [9.17, 15) is 0 Å². The lowest BCUT2D eigenvalue weighted by molar-refractivity contribution is 0.571. The molecular formula is C13H19N. The second-order valence-corrected chi connectivity index (χ2v) is 4.71. The first-order valence-electron chi connectivity index (χ1n) is 5.29. The van der Waals surface area contributed by atoms with Crippen LogP contribution in [-0.4, -0.2) is 11.8 Å². The van der Waals surface area contributed by atoms with Crippen molar-refractivity contribution in [3.8, 4) is 11.8 Å². The summed E-state index contributed by atoms with van der Waals surface area (Å²) in [4.78, 5) is 4.56. The lowest BCUT2D eigenvalue weighted by Crippen LogP contribution is -2.09. The fraction of sp³-hybridized carbons (Fsp3) is 0.615. The Morgan fingerprint density at radius 3 is 2.79 bits per heavy atom. The summed E-state index contributed by atoms with van der Waals surface area (Å²) < 4.78 is 0. The molecule has 0 radical (unpaired) electrons. The zero-order valence-electron chi connectivity index (χ0n) is 9.59. The van der Waals surface area contributed by atoms with Gasteiger partial charge in [0, 0.05) is 5.41 Å². The van der Waals surface area contributed by atoms with Crippen LogP contribution in [0.4, 0.5) is 0 Å². The van der Waals surface area contributed by atoms with E-state index in [1.165, 1.54) is 0 Å². The van der Waals surface area contributed by atoms with Gasteiger partial charge in [-0.25, -0.2) is 0 Å². The summed E-state index contributed by atoms with van der Waals surface area (Å²) in [5.41, 5.74) is 1.01. The SMILES string of the molecule is CCC1CC=CC(C#CC(C)(C)C)=N1. The van der Waals surface area contributed by atoms with E-state index in [2.05, 4.69) is 50.6 Å². The lowest BCUT2D eigenvalue weighted by Gasteiger charge is -2.12. The second-order valence-electron chi connectivity index (χ2n) is 4.71. The second kappa shape index (κ2) is 4.46. The highest BCUT2D eigenvalue weighted by Gasteiger charge is 2.08. The van der Waals surface area contributed by atoms with Crippen LogP contribution >= 0.6 is 0 Å². The fourth-order valence-electron chi connectivity index (χ4n) is 1.21. The van der Waals surface area contributed by atoms with Crippen LogP contribution in [0.2, 0.25) is 0 Å². The number of allylic oxidation sites excluding steroid dienone is 1. The molecule has 0 fully saturated rings. The summed E-state index contributed by atoms with van der Waals surface area (Å²) in [5, 5.41) is 0. The predicted octanol–water partition coefficient (Wildman–Crippen LogP) is 3.22. The largest absolute Gasteiger partial charge is 0.273 e. The van der Waals surface area contributed by atoms with Gasteiger partial charge in [0.05, 0.1) is 6.04 Å². The van der Waals surface area contributed by atoms with Crippen molar-refractivity contribution in [1.29, 1.82) is 0 Å². The van der Waals surface area contributed by atoms with Gasteiger partial charge in [-0.15, -0.1) is 0 Å². The molecule has 0 spiro atoms. The van der Waals surface area contributed by atoms with Crippen LogP contribution < -0.4 is 0 Å². The van der Waals surface area contributed by atoms with Gasteiger partial charge in [0.2, 0.25) is 0 Å². The quantitative estimate of drug-likeness (QED) is 0.562. The zero-order valence-corrected chi connectivity index (χ0v) is 9.59. The third kappa shape index (κ3) is 3.79. The van der Waals surface area contributed by atoms with Crippen molar-refractivity contribution in [2.45, 2.75) is 46.6 Å². The van der Waals surface area contributed by atoms with Gasteiger partial charge in [0.1, 0.15) is 5.71 Å². The van der Waals surface area contributed by atoms with Gasteiger partial charge in [-0.05, 0) is 45.6 Å². The van der Waals surface area contributed by atoms with E-state index in [1.807, 2.05) is 6.08 Å². The minimum absolute atomic E-state index is 0.0650. The van der Waals surface area contributed by atoms with Gasteiger partial charge in [0.25, 0.3) is 0 Å². The molecule has 1 nitrogen and oxygen atoms in total. The minimum atomic E-state index is 0.0650. The monoisotopic (exact) mass is 189 g/mol. The molecule has 0 aromatic carbocycles. The standard InChI is InChI=1S/C13H19N/c1-5-11-7-6-8-12(14-11)9-10-13(2,3)4/h6,8,11H,5,7H2,1-4H3. The molecule has 1 heterocycles. The Morgan fingerprint density at radius 1 is 1.50 bits per heavy atom. The molecule has 0 bridgehead atoms. The molecule has 1 atom stereocenters. The Labute approximate surface area is 87.3 Å². The van der Waals surface area contributed by atoms with E-state index >= 15 is 0 Å². The Morgan fingerprint density at radius 2 is 2.21 bits per heavy atom. The summed E-state index contributed by atoms with van der Waals surface area (Å²) in [5.74, 6) is 6.34. The number of aliphatic imine (C=N–C) groups is 1. The molecule has 0 saturated heterocycles. The highest BCUT2D eigenvalue weighted by molar-refractivity contribution is 6.09. The van der Waals surface area contributed by atoms with E-state index in [1.54, 1.807) is 0 Å². The van der Waals surface area contributed by atoms with Crippen LogP contribution in [0.3, 0.4) is 0 Å². The fourth-order valence-corrected chi connectivity index (χ4v) is 1.21. The van der Waals surface area contributed by atoms with Crippen molar-refractivity contribution >= 4 is 5.71 Å². The molecule has 1 unspecified atom stereocenters. The molecule has 1 rings (SSSR count). The highest BCUT2D eigenvalue weighted by Crippen LogP contribution is 2.12. The normalized spacial score (nSPS) is 21.1. The van der Waals surface area contributed by atoms with Gasteiger partial charge < -0.3 is 0 Å². The van der Waals surface area contributed by atoms with Crippen molar-refractivity contribution in [3.63, 3.8) is 0 Å². The minimum Gasteiger partial charge on any atom is -0.273 e. The number of rotatable bonds is 1. The lowest BCUT2D eigenvalue weighted by atomic mass is 9.97. The maximum absolute atomic E-state index is 4.56. The van der Waals surface area contributed by atoms with Crippen molar-refractivity contribution in [1.82, 2.24) is 0 Å². The first kappa shape index (κ1) is 11.0. The maximum Gasteiger partial charge on any atom is 0.107 e. The third-order valence-corrected chi connectivity index (χ3v) is 2.04. The predicted molar refractivity (Wildman–Crippen MR) is 62.5 cm³/mol. The van der Waals surface area contributed by atoms with E-state index in [-0.39, 0.29) is 5.41 Å². The average Bonchev–Trinajstić information content (AvgIpc) is 2.14. The van der Waals surface area contributed by atoms with Crippen LogP contribution in [0, 0.1) is 17.3 Å². The number of hydrogen-bond acceptors (Lipinski definition) is 1. The van der Waals surface area contributed by atoms with Crippen molar-refractivity contribution in [3.05, 3.63) is 12.2 Å². The molecular weight excluding hydrogens is 170 g/mol. The first-order valence-corrected chi connectivity index (χ1v) is 5.29. The maximum atomic E-state index is 4.56. The van der Waals surface area contributed by atoms with Gasteiger partial charge in [-0.2, -0.15) is 0 Å².